The highest BCUT2D eigenvalue weighted by Crippen LogP contribution is 2.19. The highest BCUT2D eigenvalue weighted by atomic mass is 19.1. The number of carbonyl (C=O) groups excluding carboxylic acids is 1. The Morgan fingerprint density at radius 3 is 2.45 bits per heavy atom. The lowest BCUT2D eigenvalue weighted by Gasteiger charge is -2.17. The summed E-state index contributed by atoms with van der Waals surface area (Å²) in [5, 5.41) is 2.88. The van der Waals surface area contributed by atoms with Crippen molar-refractivity contribution in [2.45, 2.75) is 26.4 Å². The molecular weight excluding hydrogens is 373 g/mol. The highest BCUT2D eigenvalue weighted by molar-refractivity contribution is 5.77. The van der Waals surface area contributed by atoms with Crippen LogP contribution in [0, 0.1) is 12.7 Å². The van der Waals surface area contributed by atoms with Gasteiger partial charge in [-0.3, -0.25) is 14.2 Å². The number of methoxy groups -OCH3 is 1. The molecule has 0 aliphatic carbocycles. The van der Waals surface area contributed by atoms with Crippen molar-refractivity contribution in [1.29, 1.82) is 0 Å². The fourth-order valence-electron chi connectivity index (χ4n) is 3.00. The third-order valence-electron chi connectivity index (χ3n) is 4.53. The maximum Gasteiger partial charge on any atom is 0.254 e. The van der Waals surface area contributed by atoms with Gasteiger partial charge < -0.3 is 10.1 Å². The third kappa shape index (κ3) is 4.87. The Morgan fingerprint density at radius 1 is 1.17 bits per heavy atom. The van der Waals surface area contributed by atoms with Gasteiger partial charge in [0.25, 0.3) is 5.56 Å². The van der Waals surface area contributed by atoms with Crippen LogP contribution in [0.4, 0.5) is 4.39 Å². The second kappa shape index (κ2) is 8.68. The summed E-state index contributed by atoms with van der Waals surface area (Å²) in [6.45, 7) is 3.36. The first-order valence-electron chi connectivity index (χ1n) is 9.15. The van der Waals surface area contributed by atoms with Crippen LogP contribution in [-0.2, 0) is 11.3 Å². The quantitative estimate of drug-likeness (QED) is 0.695. The molecule has 7 heteroatoms. The second-order valence-corrected chi connectivity index (χ2v) is 6.71. The number of amides is 1. The van der Waals surface area contributed by atoms with E-state index in [1.807, 2.05) is 31.2 Å². The second-order valence-electron chi connectivity index (χ2n) is 6.71. The molecule has 2 aromatic carbocycles. The van der Waals surface area contributed by atoms with E-state index in [2.05, 4.69) is 10.3 Å². The average molecular weight is 395 g/mol. The van der Waals surface area contributed by atoms with E-state index < -0.39 is 0 Å². The molecule has 0 saturated heterocycles. The van der Waals surface area contributed by atoms with Gasteiger partial charge in [0, 0.05) is 17.3 Å². The monoisotopic (exact) mass is 395 g/mol. The molecule has 0 spiro atoms. The molecule has 1 N–H and O–H groups in total. The summed E-state index contributed by atoms with van der Waals surface area (Å²) in [6, 6.07) is 14.1. The summed E-state index contributed by atoms with van der Waals surface area (Å²) in [6.07, 6.45) is 0. The van der Waals surface area contributed by atoms with Gasteiger partial charge in [0.15, 0.2) is 0 Å². The fraction of sp³-hybridized carbons (Fsp3) is 0.227. The fourth-order valence-corrected chi connectivity index (χ4v) is 3.00. The van der Waals surface area contributed by atoms with Crippen molar-refractivity contribution in [2.75, 3.05) is 7.11 Å². The molecule has 29 heavy (non-hydrogen) atoms. The van der Waals surface area contributed by atoms with Gasteiger partial charge in [-0.25, -0.2) is 9.37 Å². The van der Waals surface area contributed by atoms with E-state index in [0.717, 1.165) is 11.3 Å². The van der Waals surface area contributed by atoms with E-state index in [9.17, 15) is 14.0 Å². The topological polar surface area (TPSA) is 73.2 Å². The van der Waals surface area contributed by atoms with Crippen LogP contribution in [-0.4, -0.2) is 22.6 Å². The molecule has 3 rings (SSSR count). The number of halogens is 1. The van der Waals surface area contributed by atoms with E-state index >= 15 is 0 Å². The van der Waals surface area contributed by atoms with E-state index in [0.29, 0.717) is 17.1 Å². The van der Waals surface area contributed by atoms with Gasteiger partial charge in [0.1, 0.15) is 23.9 Å². The first-order chi connectivity index (χ1) is 13.9. The van der Waals surface area contributed by atoms with Crippen molar-refractivity contribution in [1.82, 2.24) is 14.9 Å². The molecule has 6 nitrogen and oxygen atoms in total. The Kier molecular flexibility index (Phi) is 6.07. The number of aryl methyl sites for hydroxylation is 1. The van der Waals surface area contributed by atoms with Crippen LogP contribution in [0.3, 0.4) is 0 Å². The largest absolute Gasteiger partial charge is 0.497 e. The Bertz CT molecular complexity index is 1060. The normalized spacial score (nSPS) is 11.7. The molecule has 0 aliphatic rings. The molecule has 0 aliphatic heterocycles. The van der Waals surface area contributed by atoms with Crippen molar-refractivity contribution in [3.05, 3.63) is 82.0 Å². The highest BCUT2D eigenvalue weighted by Gasteiger charge is 2.15. The summed E-state index contributed by atoms with van der Waals surface area (Å²) < 4.78 is 19.7. The lowest BCUT2D eigenvalue weighted by Crippen LogP contribution is -2.34. The van der Waals surface area contributed by atoms with E-state index in [4.69, 9.17) is 4.74 Å². The minimum atomic E-state index is -0.388. The Labute approximate surface area is 168 Å². The molecule has 0 fully saturated rings. The van der Waals surface area contributed by atoms with Gasteiger partial charge in [-0.15, -0.1) is 0 Å². The van der Waals surface area contributed by atoms with E-state index in [1.165, 1.54) is 34.9 Å². The number of ether oxygens (including phenoxy) is 1. The van der Waals surface area contributed by atoms with Crippen LogP contribution >= 0.6 is 0 Å². The van der Waals surface area contributed by atoms with Crippen LogP contribution < -0.4 is 15.6 Å². The zero-order valence-electron chi connectivity index (χ0n) is 16.5. The molecule has 0 bridgehead atoms. The molecule has 1 heterocycles. The van der Waals surface area contributed by atoms with Crippen molar-refractivity contribution in [2.24, 2.45) is 0 Å². The summed E-state index contributed by atoms with van der Waals surface area (Å²) >= 11 is 0. The number of hydrogen-bond donors (Lipinski definition) is 1. The standard InChI is InChI=1S/C22H22FN3O3/c1-14-12-21(28)26(22(24-14)17-4-8-18(23)9-5-17)13-20(27)25-15(2)16-6-10-19(29-3)11-7-16/h4-12,15H,13H2,1-3H3,(H,25,27). The predicted octanol–water partition coefficient (Wildman–Crippen LogP) is 3.24. The van der Waals surface area contributed by atoms with Crippen LogP contribution in [0.25, 0.3) is 11.4 Å². The molecule has 1 unspecified atom stereocenters. The maximum absolute atomic E-state index is 13.3. The number of nitrogens with one attached hydrogen (secondary N) is 1. The van der Waals surface area contributed by atoms with Crippen molar-refractivity contribution < 1.29 is 13.9 Å². The SMILES string of the molecule is COc1ccc(C(C)NC(=O)Cn2c(-c3ccc(F)cc3)nc(C)cc2=O)cc1. The number of hydrogen-bond acceptors (Lipinski definition) is 4. The van der Waals surface area contributed by atoms with Crippen LogP contribution in [0.15, 0.2) is 59.4 Å². The molecular formula is C22H22FN3O3. The van der Waals surface area contributed by atoms with Gasteiger partial charge in [-0.2, -0.15) is 0 Å². The minimum Gasteiger partial charge on any atom is -0.497 e. The van der Waals surface area contributed by atoms with Crippen LogP contribution in [0.5, 0.6) is 5.75 Å². The first kappa shape index (κ1) is 20.3. The number of rotatable bonds is 6. The molecule has 1 atom stereocenters. The number of nitrogens with zero attached hydrogens (tertiary/aromatic N) is 2. The smallest absolute Gasteiger partial charge is 0.254 e. The summed E-state index contributed by atoms with van der Waals surface area (Å²) in [5.41, 5.74) is 1.65. The van der Waals surface area contributed by atoms with Gasteiger partial charge in [0.05, 0.1) is 13.2 Å². The molecule has 1 amide bonds. The zero-order chi connectivity index (χ0) is 21.0. The summed E-state index contributed by atoms with van der Waals surface area (Å²) in [4.78, 5) is 29.5. The van der Waals surface area contributed by atoms with E-state index in [-0.39, 0.29) is 29.9 Å². The maximum atomic E-state index is 13.3. The molecule has 150 valence electrons. The Hall–Kier alpha value is -3.48. The average Bonchev–Trinajstić information content (AvgIpc) is 2.70. The number of aromatic nitrogens is 2. The van der Waals surface area contributed by atoms with Gasteiger partial charge in [-0.1, -0.05) is 12.1 Å². The number of carbonyl (C=O) groups is 1. The molecule has 3 aromatic rings. The van der Waals surface area contributed by atoms with E-state index in [1.54, 1.807) is 14.0 Å². The Morgan fingerprint density at radius 2 is 1.83 bits per heavy atom. The first-order valence-corrected chi connectivity index (χ1v) is 9.15. The van der Waals surface area contributed by atoms with Gasteiger partial charge in [0.2, 0.25) is 5.91 Å². The third-order valence-corrected chi connectivity index (χ3v) is 4.53. The van der Waals surface area contributed by atoms with Crippen LogP contribution in [0.2, 0.25) is 0 Å². The van der Waals surface area contributed by atoms with Crippen molar-refractivity contribution in [3.63, 3.8) is 0 Å². The Balaban J connectivity index is 1.82. The molecule has 0 radical (unpaired) electrons. The lowest BCUT2D eigenvalue weighted by molar-refractivity contribution is -0.122. The van der Waals surface area contributed by atoms with Crippen LogP contribution in [0.1, 0.15) is 24.2 Å². The minimum absolute atomic E-state index is 0.195. The lowest BCUT2D eigenvalue weighted by atomic mass is 10.1. The van der Waals surface area contributed by atoms with Gasteiger partial charge >= 0.3 is 0 Å². The molecule has 1 aromatic heterocycles. The zero-order valence-corrected chi connectivity index (χ0v) is 16.5. The molecule has 0 saturated carbocycles. The summed E-state index contributed by atoms with van der Waals surface area (Å²) in [7, 11) is 1.59. The van der Waals surface area contributed by atoms with Crippen molar-refractivity contribution in [3.8, 4) is 17.1 Å². The van der Waals surface area contributed by atoms with Crippen molar-refractivity contribution >= 4 is 5.91 Å². The predicted molar refractivity (Wildman–Crippen MR) is 108 cm³/mol. The summed E-state index contributed by atoms with van der Waals surface area (Å²) in [5.74, 6) is 0.335. The number of benzene rings is 2. The van der Waals surface area contributed by atoms with Gasteiger partial charge in [-0.05, 0) is 55.8 Å².